The number of esters is 2. The van der Waals surface area contributed by atoms with Crippen LogP contribution in [0, 0.1) is 11.6 Å². The van der Waals surface area contributed by atoms with Crippen molar-refractivity contribution in [2.75, 3.05) is 25.3 Å². The molecule has 14 nitrogen and oxygen atoms in total. The van der Waals surface area contributed by atoms with Gasteiger partial charge in [-0.25, -0.2) is 31.9 Å². The second-order valence-electron chi connectivity index (χ2n) is 10.3. The van der Waals surface area contributed by atoms with Crippen molar-refractivity contribution in [3.05, 3.63) is 82.3 Å². The van der Waals surface area contributed by atoms with E-state index in [0.717, 1.165) is 23.1 Å². The third-order valence-corrected chi connectivity index (χ3v) is 8.44. The van der Waals surface area contributed by atoms with E-state index in [1.54, 1.807) is 19.1 Å². The van der Waals surface area contributed by atoms with Crippen LogP contribution in [0.4, 0.5) is 19.3 Å². The number of aliphatic hydroxyl groups is 1. The molecule has 0 aliphatic carbocycles. The lowest BCUT2D eigenvalue weighted by molar-refractivity contribution is -0.280. The lowest BCUT2D eigenvalue weighted by atomic mass is 9.94. The molecular weight excluding hydrogens is 672 g/mol. The maximum absolute atomic E-state index is 13.8. The minimum absolute atomic E-state index is 0.0966. The Morgan fingerprint density at radius 3 is 2.47 bits per heavy atom. The van der Waals surface area contributed by atoms with Gasteiger partial charge in [-0.1, -0.05) is 11.6 Å². The predicted molar refractivity (Wildman–Crippen MR) is 158 cm³/mol. The molecule has 1 fully saturated rings. The van der Waals surface area contributed by atoms with Gasteiger partial charge < -0.3 is 33.8 Å². The van der Waals surface area contributed by atoms with Crippen LogP contribution in [0.1, 0.15) is 41.9 Å². The van der Waals surface area contributed by atoms with E-state index in [2.05, 4.69) is 5.32 Å². The average Bonchev–Trinajstić information content (AvgIpc) is 3.51. The summed E-state index contributed by atoms with van der Waals surface area (Å²) in [6.07, 6.45) is -0.0698. The van der Waals surface area contributed by atoms with Crippen LogP contribution in [-0.2, 0) is 46.1 Å². The predicted octanol–water partition coefficient (Wildman–Crippen LogP) is 3.61. The molecule has 3 atom stereocenters. The summed E-state index contributed by atoms with van der Waals surface area (Å²) in [5.41, 5.74) is -0.408. The SMILES string of the molecule is CC1CO[C@@](O)(c2cc(F)cc(F)c2)C(C)N1C(=O)OCOC(=O)CCOC(=O)c1cc(S(N)(=O)=O)c(Cl)cc1NCc1ccco1. The maximum atomic E-state index is 13.8. The summed E-state index contributed by atoms with van der Waals surface area (Å²) < 4.78 is 77.3. The number of rotatable bonds is 11. The lowest BCUT2D eigenvalue weighted by Gasteiger charge is -2.47. The average molecular weight is 702 g/mol. The fraction of sp³-hybridized carbons (Fsp3) is 0.345. The van der Waals surface area contributed by atoms with E-state index >= 15 is 0 Å². The van der Waals surface area contributed by atoms with Crippen molar-refractivity contribution in [1.82, 2.24) is 4.90 Å². The third-order valence-electron chi connectivity index (χ3n) is 7.06. The highest BCUT2D eigenvalue weighted by Crippen LogP contribution is 2.36. The number of morpholine rings is 1. The molecule has 254 valence electrons. The summed E-state index contributed by atoms with van der Waals surface area (Å²) in [7, 11) is -4.31. The third kappa shape index (κ3) is 8.55. The standard InChI is InChI=1S/C29H30ClF2N3O11S/c1-16-14-46-29(39,18-8-19(31)10-20(32)9-18)17(2)35(16)28(38)45-15-44-26(36)5-7-43-27(37)22-11-25(47(33,40)41)23(30)12-24(22)34-13-21-4-3-6-42-21/h3-4,6,8-12,16-17,34,39H,5,7,13-15H2,1-2H3,(H2,33,40,41)/t16?,17?,29-/m1/s1. The van der Waals surface area contributed by atoms with E-state index in [1.165, 1.54) is 19.3 Å². The van der Waals surface area contributed by atoms with Crippen LogP contribution in [-0.4, -0.2) is 68.5 Å². The van der Waals surface area contributed by atoms with Gasteiger partial charge in [0.05, 0.1) is 54.2 Å². The second kappa shape index (κ2) is 14.6. The molecule has 1 saturated heterocycles. The van der Waals surface area contributed by atoms with Crippen molar-refractivity contribution in [2.45, 2.75) is 49.6 Å². The summed E-state index contributed by atoms with van der Waals surface area (Å²) in [5, 5.41) is 19.0. The van der Waals surface area contributed by atoms with Gasteiger partial charge in [-0.3, -0.25) is 9.69 Å². The molecule has 0 saturated carbocycles. The van der Waals surface area contributed by atoms with Crippen molar-refractivity contribution >= 4 is 45.3 Å². The van der Waals surface area contributed by atoms with E-state index < -0.39 is 82.3 Å². The molecule has 3 aromatic rings. The lowest BCUT2D eigenvalue weighted by Crippen LogP contribution is -2.62. The Morgan fingerprint density at radius 2 is 1.83 bits per heavy atom. The number of halogens is 3. The van der Waals surface area contributed by atoms with Gasteiger partial charge in [0.25, 0.3) is 0 Å². The summed E-state index contributed by atoms with van der Waals surface area (Å²) in [4.78, 5) is 38.5. The number of benzene rings is 2. The topological polar surface area (TPSA) is 197 Å². The van der Waals surface area contributed by atoms with E-state index in [4.69, 9.17) is 40.1 Å². The van der Waals surface area contributed by atoms with Crippen LogP contribution < -0.4 is 10.5 Å². The van der Waals surface area contributed by atoms with Crippen LogP contribution >= 0.6 is 11.6 Å². The number of primary sulfonamides is 1. The molecule has 1 aromatic heterocycles. The first-order valence-electron chi connectivity index (χ1n) is 13.8. The van der Waals surface area contributed by atoms with Crippen LogP contribution in [0.25, 0.3) is 0 Å². The van der Waals surface area contributed by atoms with Gasteiger partial charge in [0.2, 0.25) is 22.6 Å². The number of amides is 1. The highest BCUT2D eigenvalue weighted by Gasteiger charge is 2.49. The fourth-order valence-electron chi connectivity index (χ4n) is 4.72. The van der Waals surface area contributed by atoms with E-state index in [9.17, 15) is 36.7 Å². The van der Waals surface area contributed by atoms with E-state index in [1.807, 2.05) is 0 Å². The number of nitrogens with two attached hydrogens (primary N) is 1. The molecular formula is C29H30ClF2N3O11S. The molecule has 4 rings (SSSR count). The summed E-state index contributed by atoms with van der Waals surface area (Å²) in [6, 6.07) is 5.94. The smallest absolute Gasteiger partial charge is 0.413 e. The zero-order valence-electron chi connectivity index (χ0n) is 24.9. The number of furan rings is 1. The Hall–Kier alpha value is -4.29. The quantitative estimate of drug-likeness (QED) is 0.194. The monoisotopic (exact) mass is 701 g/mol. The van der Waals surface area contributed by atoms with E-state index in [0.29, 0.717) is 11.8 Å². The van der Waals surface area contributed by atoms with Crippen LogP contribution in [0.3, 0.4) is 0 Å². The first-order valence-corrected chi connectivity index (χ1v) is 15.8. The minimum Gasteiger partial charge on any atom is -0.467 e. The van der Waals surface area contributed by atoms with Crippen LogP contribution in [0.15, 0.2) is 58.0 Å². The van der Waals surface area contributed by atoms with Crippen molar-refractivity contribution < 1.29 is 60.1 Å². The number of anilines is 1. The van der Waals surface area contributed by atoms with Crippen LogP contribution in [0.2, 0.25) is 5.02 Å². The zero-order chi connectivity index (χ0) is 34.5. The molecule has 0 spiro atoms. The number of carbonyl (C=O) groups excluding carboxylic acids is 3. The normalized spacial score (nSPS) is 19.6. The fourth-order valence-corrected chi connectivity index (χ4v) is 5.82. The molecule has 1 amide bonds. The summed E-state index contributed by atoms with van der Waals surface area (Å²) in [5.74, 6) is -5.65. The number of carbonyl (C=O) groups is 3. The molecule has 0 radical (unpaired) electrons. The molecule has 1 aliphatic heterocycles. The Balaban J connectivity index is 1.31. The van der Waals surface area contributed by atoms with E-state index in [-0.39, 0.29) is 35.0 Å². The first-order chi connectivity index (χ1) is 22.1. The Morgan fingerprint density at radius 1 is 1.13 bits per heavy atom. The Bertz CT molecular complexity index is 1720. The molecule has 2 aromatic carbocycles. The first kappa shape index (κ1) is 35.6. The molecule has 4 N–H and O–H groups in total. The minimum atomic E-state index is -4.31. The highest BCUT2D eigenvalue weighted by molar-refractivity contribution is 7.89. The molecule has 47 heavy (non-hydrogen) atoms. The number of hydrogen-bond acceptors (Lipinski definition) is 12. The molecule has 2 unspecified atom stereocenters. The molecule has 18 heteroatoms. The number of hydrogen-bond donors (Lipinski definition) is 3. The van der Waals surface area contributed by atoms with Crippen molar-refractivity contribution in [1.29, 1.82) is 0 Å². The summed E-state index contributed by atoms with van der Waals surface area (Å²) >= 11 is 6.07. The number of nitrogens with one attached hydrogen (secondary N) is 1. The Labute approximate surface area is 272 Å². The second-order valence-corrected chi connectivity index (χ2v) is 12.3. The molecule has 1 aliphatic rings. The Kier molecular flexibility index (Phi) is 11.1. The maximum Gasteiger partial charge on any atom is 0.413 e. The molecule has 0 bridgehead atoms. The van der Waals surface area contributed by atoms with Gasteiger partial charge >= 0.3 is 18.0 Å². The largest absolute Gasteiger partial charge is 0.467 e. The summed E-state index contributed by atoms with van der Waals surface area (Å²) in [6.45, 7) is 1.48. The van der Waals surface area contributed by atoms with Gasteiger partial charge in [-0.15, -0.1) is 0 Å². The van der Waals surface area contributed by atoms with Gasteiger partial charge in [0.1, 0.15) is 28.9 Å². The van der Waals surface area contributed by atoms with Crippen molar-refractivity contribution in [3.63, 3.8) is 0 Å². The van der Waals surface area contributed by atoms with Gasteiger partial charge in [0.15, 0.2) is 0 Å². The van der Waals surface area contributed by atoms with Crippen molar-refractivity contribution in [2.24, 2.45) is 5.14 Å². The zero-order valence-corrected chi connectivity index (χ0v) is 26.5. The van der Waals surface area contributed by atoms with Crippen molar-refractivity contribution in [3.8, 4) is 0 Å². The van der Waals surface area contributed by atoms with Gasteiger partial charge in [-0.2, -0.15) is 0 Å². The number of nitrogens with zero attached hydrogens (tertiary/aromatic N) is 1. The number of sulfonamides is 1. The van der Waals surface area contributed by atoms with Gasteiger partial charge in [-0.05, 0) is 50.2 Å². The van der Waals surface area contributed by atoms with Gasteiger partial charge in [0, 0.05) is 11.6 Å². The highest BCUT2D eigenvalue weighted by atomic mass is 35.5. The van der Waals surface area contributed by atoms with Crippen LogP contribution in [0.5, 0.6) is 0 Å². The molecule has 2 heterocycles. The number of ether oxygens (including phenoxy) is 4.